The number of benzene rings is 2. The molecule has 7 nitrogen and oxygen atoms in total. The number of aryl methyl sites for hydroxylation is 1. The number of aromatic nitrogens is 2. The van der Waals surface area contributed by atoms with Crippen molar-refractivity contribution in [3.05, 3.63) is 93.8 Å². The Kier molecular flexibility index (Phi) is 8.13. The molecule has 0 saturated heterocycles. The number of nitro benzene ring substituents is 1. The van der Waals surface area contributed by atoms with Crippen LogP contribution in [0.1, 0.15) is 37.5 Å². The quantitative estimate of drug-likeness (QED) is 0.0975. The second-order valence-corrected chi connectivity index (χ2v) is 12.8. The van der Waals surface area contributed by atoms with E-state index in [1.807, 2.05) is 53.1 Å². The summed E-state index contributed by atoms with van der Waals surface area (Å²) in [6, 6.07) is 16.9. The molecule has 0 fully saturated rings. The molecule has 0 aliphatic heterocycles. The molecule has 2 aromatic heterocycles. The third kappa shape index (κ3) is 6.76. The molecule has 8 heteroatoms. The van der Waals surface area contributed by atoms with Gasteiger partial charge in [-0.1, -0.05) is 63.3 Å². The lowest BCUT2D eigenvalue weighted by Gasteiger charge is -2.32. The normalized spacial score (nSPS) is 12.9. The molecule has 1 unspecified atom stereocenters. The Morgan fingerprint density at radius 1 is 1.05 bits per heavy atom. The monoisotopic (exact) mass is 528 g/mol. The first-order valence-electron chi connectivity index (χ1n) is 12.6. The molecule has 1 radical (unpaired) electrons. The zero-order chi connectivity index (χ0) is 27.4. The number of rotatable bonds is 9. The summed E-state index contributed by atoms with van der Waals surface area (Å²) in [5, 5.41) is 11.4. The zero-order valence-electron chi connectivity index (χ0n) is 22.8. The standard InChI is InChI=1S/C30H34N3O4Si/c1-21-7-16-29-31-26(19-32(29)18-21)23-11-8-22(9-12-23)10-13-24-14-15-25(33(34)35)17-27(24)36-20-28(30(2,3)4)37-38(5)6/h7-19,28H,20H2,1-6H3. The van der Waals surface area contributed by atoms with Gasteiger partial charge in [0.05, 0.1) is 22.8 Å². The number of fused-ring (bicyclic) bond motifs is 1. The number of pyridine rings is 1. The average molecular weight is 529 g/mol. The summed E-state index contributed by atoms with van der Waals surface area (Å²) >= 11 is 0. The first-order chi connectivity index (χ1) is 18.0. The van der Waals surface area contributed by atoms with Gasteiger partial charge in [0.15, 0.2) is 0 Å². The average Bonchev–Trinajstić information content (AvgIpc) is 3.28. The molecule has 0 amide bonds. The van der Waals surface area contributed by atoms with Crippen molar-refractivity contribution >= 4 is 32.5 Å². The zero-order valence-corrected chi connectivity index (χ0v) is 23.8. The smallest absolute Gasteiger partial charge is 0.273 e. The van der Waals surface area contributed by atoms with Crippen LogP contribution in [-0.4, -0.2) is 36.1 Å². The second-order valence-electron chi connectivity index (χ2n) is 10.7. The van der Waals surface area contributed by atoms with Gasteiger partial charge in [0, 0.05) is 29.6 Å². The minimum absolute atomic E-state index is 0.00638. The molecule has 0 spiro atoms. The van der Waals surface area contributed by atoms with Crippen molar-refractivity contribution in [3.8, 4) is 17.0 Å². The summed E-state index contributed by atoms with van der Waals surface area (Å²) in [6.45, 7) is 12.9. The van der Waals surface area contributed by atoms with E-state index in [0.717, 1.165) is 28.0 Å². The summed E-state index contributed by atoms with van der Waals surface area (Å²) in [5.74, 6) is 0.464. The number of nitro groups is 1. The van der Waals surface area contributed by atoms with Gasteiger partial charge in [-0.2, -0.15) is 0 Å². The molecule has 0 saturated carbocycles. The highest BCUT2D eigenvalue weighted by molar-refractivity contribution is 6.48. The van der Waals surface area contributed by atoms with Crippen LogP contribution in [0.4, 0.5) is 5.69 Å². The first kappa shape index (κ1) is 27.3. The van der Waals surface area contributed by atoms with Gasteiger partial charge in [-0.25, -0.2) is 4.98 Å². The van der Waals surface area contributed by atoms with E-state index in [0.29, 0.717) is 12.4 Å². The molecular weight excluding hydrogens is 494 g/mol. The minimum atomic E-state index is -0.937. The Bertz CT molecular complexity index is 1450. The highest BCUT2D eigenvalue weighted by atomic mass is 28.3. The molecule has 0 N–H and O–H groups in total. The lowest BCUT2D eigenvalue weighted by atomic mass is 9.90. The number of nitrogens with zero attached hydrogens (tertiary/aromatic N) is 3. The lowest BCUT2D eigenvalue weighted by molar-refractivity contribution is -0.384. The fourth-order valence-electron chi connectivity index (χ4n) is 4.00. The Morgan fingerprint density at radius 3 is 2.45 bits per heavy atom. The third-order valence-corrected chi connectivity index (χ3v) is 6.96. The maximum absolute atomic E-state index is 11.4. The molecule has 197 valence electrons. The number of hydrogen-bond donors (Lipinski definition) is 0. The molecule has 0 bridgehead atoms. The Morgan fingerprint density at radius 2 is 1.79 bits per heavy atom. The molecule has 2 heterocycles. The van der Waals surface area contributed by atoms with E-state index in [-0.39, 0.29) is 17.2 Å². The van der Waals surface area contributed by atoms with E-state index in [4.69, 9.17) is 14.1 Å². The highest BCUT2D eigenvalue weighted by Gasteiger charge is 2.27. The second kappa shape index (κ2) is 11.3. The van der Waals surface area contributed by atoms with Crippen LogP contribution in [0.25, 0.3) is 29.1 Å². The van der Waals surface area contributed by atoms with Gasteiger partial charge in [-0.3, -0.25) is 10.1 Å². The summed E-state index contributed by atoms with van der Waals surface area (Å²) in [4.78, 5) is 15.7. The van der Waals surface area contributed by atoms with Crippen LogP contribution in [0.5, 0.6) is 5.75 Å². The van der Waals surface area contributed by atoms with Gasteiger partial charge < -0.3 is 13.6 Å². The molecule has 4 aromatic rings. The minimum Gasteiger partial charge on any atom is -0.490 e. The summed E-state index contributed by atoms with van der Waals surface area (Å²) in [5.41, 5.74) is 5.67. The van der Waals surface area contributed by atoms with Crippen LogP contribution in [0.3, 0.4) is 0 Å². The van der Waals surface area contributed by atoms with E-state index in [1.54, 1.807) is 6.07 Å². The van der Waals surface area contributed by atoms with Crippen LogP contribution < -0.4 is 4.74 Å². The molecule has 38 heavy (non-hydrogen) atoms. The molecule has 1 atom stereocenters. The summed E-state index contributed by atoms with van der Waals surface area (Å²) in [6.07, 6.45) is 7.86. The largest absolute Gasteiger partial charge is 0.490 e. The fourth-order valence-corrected chi connectivity index (χ4v) is 4.99. The number of ether oxygens (including phenoxy) is 1. The summed E-state index contributed by atoms with van der Waals surface area (Å²) in [7, 11) is -0.937. The van der Waals surface area contributed by atoms with Gasteiger partial charge in [0.2, 0.25) is 9.04 Å². The fraction of sp³-hybridized carbons (Fsp3) is 0.300. The highest BCUT2D eigenvalue weighted by Crippen LogP contribution is 2.30. The molecule has 0 aliphatic carbocycles. The first-order valence-corrected chi connectivity index (χ1v) is 15.0. The van der Waals surface area contributed by atoms with Crippen molar-refractivity contribution in [3.63, 3.8) is 0 Å². The third-order valence-electron chi connectivity index (χ3n) is 6.20. The van der Waals surface area contributed by atoms with Crippen LogP contribution in [0.2, 0.25) is 13.1 Å². The van der Waals surface area contributed by atoms with Gasteiger partial charge in [-0.15, -0.1) is 0 Å². The van der Waals surface area contributed by atoms with E-state index < -0.39 is 14.0 Å². The van der Waals surface area contributed by atoms with E-state index in [2.05, 4.69) is 53.1 Å². The Balaban J connectivity index is 1.54. The molecular formula is C30H34N3O4Si. The van der Waals surface area contributed by atoms with Crippen molar-refractivity contribution in [1.82, 2.24) is 9.38 Å². The van der Waals surface area contributed by atoms with Gasteiger partial charge >= 0.3 is 0 Å². The van der Waals surface area contributed by atoms with E-state index >= 15 is 0 Å². The number of non-ortho nitro benzene ring substituents is 1. The Hall–Kier alpha value is -3.75. The number of hydrogen-bond acceptors (Lipinski definition) is 5. The van der Waals surface area contributed by atoms with Gasteiger partial charge in [0.1, 0.15) is 18.0 Å². The SMILES string of the molecule is Cc1ccc2nc(-c3ccc(C=Cc4ccc([N+](=O)[O-])cc4OCC(O[Si](C)C)C(C)(C)C)cc3)cn2c1. The van der Waals surface area contributed by atoms with Gasteiger partial charge in [-0.05, 0) is 48.7 Å². The van der Waals surface area contributed by atoms with Crippen LogP contribution in [-0.2, 0) is 4.43 Å². The predicted octanol–water partition coefficient (Wildman–Crippen LogP) is 7.45. The maximum Gasteiger partial charge on any atom is 0.273 e. The van der Waals surface area contributed by atoms with Crippen molar-refractivity contribution in [2.45, 2.75) is 46.9 Å². The Labute approximate surface area is 225 Å². The van der Waals surface area contributed by atoms with Crippen LogP contribution in [0, 0.1) is 22.5 Å². The van der Waals surface area contributed by atoms with Crippen molar-refractivity contribution in [2.75, 3.05) is 6.61 Å². The van der Waals surface area contributed by atoms with E-state index in [1.165, 1.54) is 17.7 Å². The van der Waals surface area contributed by atoms with Crippen molar-refractivity contribution in [1.29, 1.82) is 0 Å². The van der Waals surface area contributed by atoms with Gasteiger partial charge in [0.25, 0.3) is 5.69 Å². The van der Waals surface area contributed by atoms with Crippen molar-refractivity contribution < 1.29 is 14.1 Å². The molecule has 2 aromatic carbocycles. The topological polar surface area (TPSA) is 78.9 Å². The van der Waals surface area contributed by atoms with Crippen molar-refractivity contribution in [2.24, 2.45) is 5.41 Å². The predicted molar refractivity (Wildman–Crippen MR) is 155 cm³/mol. The summed E-state index contributed by atoms with van der Waals surface area (Å²) < 4.78 is 14.4. The van der Waals surface area contributed by atoms with Crippen LogP contribution >= 0.6 is 0 Å². The number of imidazole rings is 1. The molecule has 0 aliphatic rings. The van der Waals surface area contributed by atoms with Crippen LogP contribution in [0.15, 0.2) is 67.0 Å². The van der Waals surface area contributed by atoms with E-state index in [9.17, 15) is 10.1 Å². The molecule has 4 rings (SSSR count). The lowest BCUT2D eigenvalue weighted by Crippen LogP contribution is -2.38. The maximum atomic E-state index is 11.4.